The average molecular weight is 499 g/mol. The van der Waals surface area contributed by atoms with E-state index in [1.807, 2.05) is 6.92 Å². The Labute approximate surface area is 215 Å². The Kier molecular flexibility index (Phi) is 9.56. The molecule has 0 unspecified atom stereocenters. The van der Waals surface area contributed by atoms with Crippen LogP contribution in [0.15, 0.2) is 42.5 Å². The second-order valence-corrected chi connectivity index (χ2v) is 11.1. The first-order valence-corrected chi connectivity index (χ1v) is 14.0. The summed E-state index contributed by atoms with van der Waals surface area (Å²) in [5, 5.41) is 0. The van der Waals surface area contributed by atoms with Crippen molar-refractivity contribution in [1.29, 1.82) is 0 Å². The summed E-state index contributed by atoms with van der Waals surface area (Å²) >= 11 is 0. The lowest BCUT2D eigenvalue weighted by molar-refractivity contribution is 0.295. The first kappa shape index (κ1) is 26.8. The molecule has 0 aromatic heterocycles. The molecule has 196 valence electrons. The van der Waals surface area contributed by atoms with Crippen LogP contribution in [-0.2, 0) is 0 Å². The Bertz CT molecular complexity index is 1010. The second-order valence-electron chi connectivity index (χ2n) is 11.1. The summed E-state index contributed by atoms with van der Waals surface area (Å²) in [6.07, 6.45) is 17.5. The monoisotopic (exact) mass is 498 g/mol. The molecule has 0 bridgehead atoms. The molecule has 36 heavy (non-hydrogen) atoms. The third-order valence-corrected chi connectivity index (χ3v) is 8.32. The van der Waals surface area contributed by atoms with Crippen LogP contribution in [0.5, 0.6) is 5.75 Å². The number of allylic oxidation sites excluding steroid dienone is 2. The maximum atomic E-state index is 15.1. The molecular formula is C32H41F3O. The number of hydrogen-bond donors (Lipinski definition) is 0. The molecule has 1 nitrogen and oxygen atoms in total. The molecule has 0 amide bonds. The predicted molar refractivity (Wildman–Crippen MR) is 142 cm³/mol. The molecule has 0 spiro atoms. The fourth-order valence-electron chi connectivity index (χ4n) is 5.96. The zero-order valence-electron chi connectivity index (χ0n) is 21.9. The molecule has 0 radical (unpaired) electrons. The van der Waals surface area contributed by atoms with E-state index in [1.54, 1.807) is 12.1 Å². The highest BCUT2D eigenvalue weighted by Crippen LogP contribution is 2.40. The van der Waals surface area contributed by atoms with Crippen molar-refractivity contribution in [2.75, 3.05) is 6.61 Å². The largest absolute Gasteiger partial charge is 0.490 e. The Balaban J connectivity index is 1.29. The SMILES string of the molecule is CCCOc1ccc(-c2ccc(C3CCC(CC/C=C/C4CCC(C)CC4)CC3)c(F)c2)c(F)c1F. The van der Waals surface area contributed by atoms with Gasteiger partial charge in [0.1, 0.15) is 5.82 Å². The summed E-state index contributed by atoms with van der Waals surface area (Å²) < 4.78 is 49.4. The van der Waals surface area contributed by atoms with E-state index >= 15 is 4.39 Å². The van der Waals surface area contributed by atoms with Gasteiger partial charge in [-0.15, -0.1) is 0 Å². The van der Waals surface area contributed by atoms with E-state index in [4.69, 9.17) is 4.74 Å². The minimum Gasteiger partial charge on any atom is -0.490 e. The van der Waals surface area contributed by atoms with Gasteiger partial charge in [-0.25, -0.2) is 8.78 Å². The minimum atomic E-state index is -1.02. The Morgan fingerprint density at radius 2 is 1.64 bits per heavy atom. The zero-order chi connectivity index (χ0) is 25.5. The van der Waals surface area contributed by atoms with Crippen LogP contribution >= 0.6 is 0 Å². The molecule has 0 aliphatic heterocycles. The maximum absolute atomic E-state index is 15.1. The highest BCUT2D eigenvalue weighted by Gasteiger charge is 2.25. The molecule has 2 saturated carbocycles. The van der Waals surface area contributed by atoms with Crippen LogP contribution in [-0.4, -0.2) is 6.61 Å². The van der Waals surface area contributed by atoms with Gasteiger partial charge in [-0.2, -0.15) is 4.39 Å². The summed E-state index contributed by atoms with van der Waals surface area (Å²) in [5.41, 5.74) is 1.11. The minimum absolute atomic E-state index is 0.0568. The van der Waals surface area contributed by atoms with Crippen molar-refractivity contribution in [2.45, 2.75) is 90.4 Å². The molecule has 2 fully saturated rings. The molecule has 0 heterocycles. The lowest BCUT2D eigenvalue weighted by Crippen LogP contribution is -2.14. The quantitative estimate of drug-likeness (QED) is 0.313. The number of benzene rings is 2. The van der Waals surface area contributed by atoms with Gasteiger partial charge in [-0.05, 0) is 111 Å². The summed E-state index contributed by atoms with van der Waals surface area (Å²) in [6, 6.07) is 7.71. The van der Waals surface area contributed by atoms with Crippen LogP contribution in [0.3, 0.4) is 0 Å². The van der Waals surface area contributed by atoms with Gasteiger partial charge in [0.2, 0.25) is 5.82 Å². The van der Waals surface area contributed by atoms with Gasteiger partial charge in [-0.3, -0.25) is 0 Å². The van der Waals surface area contributed by atoms with Crippen LogP contribution < -0.4 is 4.74 Å². The van der Waals surface area contributed by atoms with E-state index < -0.39 is 11.6 Å². The topological polar surface area (TPSA) is 9.23 Å². The van der Waals surface area contributed by atoms with Gasteiger partial charge in [-0.1, -0.05) is 51.0 Å². The van der Waals surface area contributed by atoms with E-state index in [2.05, 4.69) is 19.1 Å². The van der Waals surface area contributed by atoms with Crippen molar-refractivity contribution >= 4 is 0 Å². The van der Waals surface area contributed by atoms with Crippen molar-refractivity contribution in [1.82, 2.24) is 0 Å². The van der Waals surface area contributed by atoms with Crippen molar-refractivity contribution in [3.63, 3.8) is 0 Å². The van der Waals surface area contributed by atoms with Crippen molar-refractivity contribution < 1.29 is 17.9 Å². The summed E-state index contributed by atoms with van der Waals surface area (Å²) in [7, 11) is 0. The van der Waals surface area contributed by atoms with Crippen molar-refractivity contribution in [3.05, 3.63) is 65.5 Å². The van der Waals surface area contributed by atoms with E-state index in [-0.39, 0.29) is 23.0 Å². The van der Waals surface area contributed by atoms with Crippen molar-refractivity contribution in [2.24, 2.45) is 17.8 Å². The first-order valence-electron chi connectivity index (χ1n) is 14.0. The Hall–Kier alpha value is -2.23. The Morgan fingerprint density at radius 3 is 2.33 bits per heavy atom. The fourth-order valence-corrected chi connectivity index (χ4v) is 5.96. The predicted octanol–water partition coefficient (Wildman–Crippen LogP) is 10.00. The number of rotatable bonds is 9. The van der Waals surface area contributed by atoms with Gasteiger partial charge in [0.15, 0.2) is 11.6 Å². The van der Waals surface area contributed by atoms with Crippen LogP contribution in [0.2, 0.25) is 0 Å². The van der Waals surface area contributed by atoms with Crippen LogP contribution in [0.1, 0.15) is 96.0 Å². The third kappa shape index (κ3) is 6.75. The molecule has 2 aliphatic rings. The molecule has 2 aromatic carbocycles. The number of hydrogen-bond acceptors (Lipinski definition) is 1. The highest BCUT2D eigenvalue weighted by atomic mass is 19.2. The number of ether oxygens (including phenoxy) is 1. The van der Waals surface area contributed by atoms with Crippen LogP contribution in [0.25, 0.3) is 11.1 Å². The van der Waals surface area contributed by atoms with E-state index in [1.165, 1.54) is 50.3 Å². The van der Waals surface area contributed by atoms with Gasteiger partial charge in [0, 0.05) is 5.56 Å². The standard InChI is InChI=1S/C32H41F3O/c1-3-20-36-30-19-18-28(31(34)32(30)35)26-16-17-27(29(33)21-26)25-14-12-24(13-15-25)7-5-4-6-23-10-8-22(2)9-11-23/h4,6,16-19,21-25H,3,5,7-15,20H2,1-2H3/b6-4+. The maximum Gasteiger partial charge on any atom is 0.201 e. The lowest BCUT2D eigenvalue weighted by atomic mass is 9.76. The average Bonchev–Trinajstić information content (AvgIpc) is 2.89. The summed E-state index contributed by atoms with van der Waals surface area (Å²) in [6.45, 7) is 4.58. The molecule has 0 saturated heterocycles. The molecule has 4 heteroatoms. The van der Waals surface area contributed by atoms with Crippen LogP contribution in [0.4, 0.5) is 13.2 Å². The zero-order valence-corrected chi connectivity index (χ0v) is 21.9. The van der Waals surface area contributed by atoms with Crippen molar-refractivity contribution in [3.8, 4) is 16.9 Å². The highest BCUT2D eigenvalue weighted by molar-refractivity contribution is 5.66. The number of halogens is 3. The van der Waals surface area contributed by atoms with E-state index in [0.717, 1.165) is 43.9 Å². The molecule has 0 atom stereocenters. The molecule has 2 aromatic rings. The normalized spacial score (nSPS) is 24.8. The summed E-state index contributed by atoms with van der Waals surface area (Å²) in [5.74, 6) is 0.131. The van der Waals surface area contributed by atoms with Gasteiger partial charge >= 0.3 is 0 Å². The Morgan fingerprint density at radius 1 is 0.889 bits per heavy atom. The van der Waals surface area contributed by atoms with Crippen LogP contribution in [0, 0.1) is 35.2 Å². The molecule has 0 N–H and O–H groups in total. The smallest absolute Gasteiger partial charge is 0.201 e. The van der Waals surface area contributed by atoms with Gasteiger partial charge < -0.3 is 4.74 Å². The lowest BCUT2D eigenvalue weighted by Gasteiger charge is -2.29. The first-order chi connectivity index (χ1) is 17.5. The molecule has 4 rings (SSSR count). The molecular weight excluding hydrogens is 457 g/mol. The van der Waals surface area contributed by atoms with E-state index in [9.17, 15) is 8.78 Å². The molecule has 2 aliphatic carbocycles. The second kappa shape index (κ2) is 12.8. The summed E-state index contributed by atoms with van der Waals surface area (Å²) in [4.78, 5) is 0. The van der Waals surface area contributed by atoms with E-state index in [0.29, 0.717) is 30.1 Å². The fraction of sp³-hybridized carbons (Fsp3) is 0.562. The van der Waals surface area contributed by atoms with Gasteiger partial charge in [0.05, 0.1) is 6.61 Å². The third-order valence-electron chi connectivity index (χ3n) is 8.32. The van der Waals surface area contributed by atoms with Gasteiger partial charge in [0.25, 0.3) is 0 Å².